The summed E-state index contributed by atoms with van der Waals surface area (Å²) in [4.78, 5) is 13.6. The van der Waals surface area contributed by atoms with E-state index in [1.165, 1.54) is 11.8 Å². The van der Waals surface area contributed by atoms with Crippen molar-refractivity contribution in [3.8, 4) is 0 Å². The number of morpholine rings is 1. The number of urea groups is 1. The molecule has 2 amide bonds. The van der Waals surface area contributed by atoms with E-state index in [9.17, 15) is 18.0 Å². The molecule has 1 heterocycles. The third-order valence-corrected chi connectivity index (χ3v) is 4.02. The van der Waals surface area contributed by atoms with Gasteiger partial charge in [-0.1, -0.05) is 24.3 Å². The number of nitrogens with zero attached hydrogens (tertiary/aromatic N) is 1. The van der Waals surface area contributed by atoms with E-state index in [2.05, 4.69) is 11.9 Å². The first-order valence-corrected chi connectivity index (χ1v) is 7.79. The second kappa shape index (κ2) is 7.70. The second-order valence-corrected chi connectivity index (χ2v) is 5.68. The van der Waals surface area contributed by atoms with Crippen molar-refractivity contribution in [3.63, 3.8) is 0 Å². The molecule has 1 fully saturated rings. The van der Waals surface area contributed by atoms with Crippen LogP contribution in [-0.2, 0) is 11.2 Å². The zero-order valence-corrected chi connectivity index (χ0v) is 13.5. The molecule has 2 rings (SSSR count). The Morgan fingerprint density at radius 2 is 2.17 bits per heavy atom. The van der Waals surface area contributed by atoms with Gasteiger partial charge in [0.25, 0.3) is 0 Å². The Kier molecular flexibility index (Phi) is 5.88. The van der Waals surface area contributed by atoms with Crippen LogP contribution in [-0.4, -0.2) is 42.4 Å². The van der Waals surface area contributed by atoms with E-state index < -0.39 is 24.4 Å². The number of alkyl halides is 3. The molecule has 1 saturated heterocycles. The number of aryl methyl sites for hydroxylation is 1. The Bertz CT molecular complexity index is 589. The smallest absolute Gasteiger partial charge is 0.365 e. The summed E-state index contributed by atoms with van der Waals surface area (Å²) in [7, 11) is 0. The number of hydrogen-bond donors (Lipinski definition) is 1. The molecule has 7 heteroatoms. The van der Waals surface area contributed by atoms with Crippen LogP contribution in [0.1, 0.15) is 18.9 Å². The van der Waals surface area contributed by atoms with Gasteiger partial charge in [0.05, 0.1) is 12.6 Å². The van der Waals surface area contributed by atoms with Crippen LogP contribution in [0.2, 0.25) is 0 Å². The highest BCUT2D eigenvalue weighted by Gasteiger charge is 2.49. The fraction of sp³-hybridized carbons (Fsp3) is 0.471. The lowest BCUT2D eigenvalue weighted by atomic mass is 10.1. The number of rotatable bonds is 4. The highest BCUT2D eigenvalue weighted by atomic mass is 19.4. The monoisotopic (exact) mass is 342 g/mol. The lowest BCUT2D eigenvalue weighted by Crippen LogP contribution is -2.58. The molecule has 1 N–H and O–H groups in total. The quantitative estimate of drug-likeness (QED) is 0.841. The van der Waals surface area contributed by atoms with Crippen LogP contribution in [0.4, 0.5) is 23.7 Å². The summed E-state index contributed by atoms with van der Waals surface area (Å²) in [5, 5.41) is 2.72. The zero-order valence-electron chi connectivity index (χ0n) is 13.5. The van der Waals surface area contributed by atoms with Gasteiger partial charge < -0.3 is 15.0 Å². The minimum Gasteiger partial charge on any atom is -0.365 e. The molecule has 0 aromatic heterocycles. The molecule has 1 aliphatic heterocycles. The van der Waals surface area contributed by atoms with Crippen molar-refractivity contribution in [2.24, 2.45) is 0 Å². The molecule has 2 unspecified atom stereocenters. The highest BCUT2D eigenvalue weighted by molar-refractivity contribution is 5.90. The van der Waals surface area contributed by atoms with E-state index in [-0.39, 0.29) is 13.2 Å². The van der Waals surface area contributed by atoms with Crippen molar-refractivity contribution in [2.75, 3.05) is 18.5 Å². The third kappa shape index (κ3) is 4.29. The van der Waals surface area contributed by atoms with Crippen molar-refractivity contribution in [3.05, 3.63) is 42.5 Å². The van der Waals surface area contributed by atoms with Gasteiger partial charge in [0.2, 0.25) is 0 Å². The Morgan fingerprint density at radius 3 is 2.83 bits per heavy atom. The first kappa shape index (κ1) is 18.3. The summed E-state index contributed by atoms with van der Waals surface area (Å²) in [5.74, 6) is 0. The number of anilines is 1. The van der Waals surface area contributed by atoms with Crippen LogP contribution in [0.15, 0.2) is 36.9 Å². The van der Waals surface area contributed by atoms with Gasteiger partial charge in [0.15, 0.2) is 6.10 Å². The van der Waals surface area contributed by atoms with E-state index >= 15 is 0 Å². The average molecular weight is 342 g/mol. The van der Waals surface area contributed by atoms with Crippen molar-refractivity contribution >= 4 is 11.7 Å². The number of carbonyl (C=O) groups is 1. The number of carbonyl (C=O) groups excluding carboxylic acids is 1. The Hall–Kier alpha value is -2.02. The lowest BCUT2D eigenvalue weighted by molar-refractivity contribution is -0.246. The molecule has 0 spiro atoms. The van der Waals surface area contributed by atoms with Crippen LogP contribution in [0.25, 0.3) is 0 Å². The fourth-order valence-electron chi connectivity index (χ4n) is 2.74. The number of halogens is 3. The van der Waals surface area contributed by atoms with E-state index in [0.717, 1.165) is 12.0 Å². The summed E-state index contributed by atoms with van der Waals surface area (Å²) in [5.41, 5.74) is 1.52. The first-order chi connectivity index (χ1) is 11.3. The molecule has 4 nitrogen and oxygen atoms in total. The van der Waals surface area contributed by atoms with E-state index in [1.807, 2.05) is 12.1 Å². The maximum absolute atomic E-state index is 13.0. The van der Waals surface area contributed by atoms with Gasteiger partial charge in [0.1, 0.15) is 0 Å². The zero-order chi connectivity index (χ0) is 17.7. The molecule has 0 radical (unpaired) electrons. The number of ether oxygens (including phenoxy) is 1. The predicted octanol–water partition coefficient (Wildman–Crippen LogP) is 3.99. The normalized spacial score (nSPS) is 21.4. The molecular weight excluding hydrogens is 321 g/mol. The number of amides is 2. The molecule has 1 aromatic rings. The van der Waals surface area contributed by atoms with Crippen LogP contribution in [0.5, 0.6) is 0 Å². The van der Waals surface area contributed by atoms with Gasteiger partial charge in [-0.2, -0.15) is 13.2 Å². The summed E-state index contributed by atoms with van der Waals surface area (Å²) in [6, 6.07) is 5.60. The average Bonchev–Trinajstić information content (AvgIpc) is 2.53. The molecule has 2 atom stereocenters. The number of benzene rings is 1. The fourth-order valence-corrected chi connectivity index (χ4v) is 2.74. The van der Waals surface area contributed by atoms with Gasteiger partial charge >= 0.3 is 12.2 Å². The van der Waals surface area contributed by atoms with Crippen molar-refractivity contribution in [1.29, 1.82) is 0 Å². The first-order valence-electron chi connectivity index (χ1n) is 7.79. The largest absolute Gasteiger partial charge is 0.416 e. The molecule has 0 saturated carbocycles. The van der Waals surface area contributed by atoms with Gasteiger partial charge in [0, 0.05) is 12.2 Å². The highest BCUT2D eigenvalue weighted by Crippen LogP contribution is 2.30. The number of para-hydroxylation sites is 1. The van der Waals surface area contributed by atoms with E-state index in [0.29, 0.717) is 12.1 Å². The van der Waals surface area contributed by atoms with Crippen molar-refractivity contribution in [2.45, 2.75) is 38.1 Å². The predicted molar refractivity (Wildman–Crippen MR) is 85.9 cm³/mol. The lowest BCUT2D eigenvalue weighted by Gasteiger charge is -2.39. The standard InChI is InChI=1S/C17H21F3N2O2/c1-3-4-7-13-8-5-6-9-14(13)21-16(23)22-10-11-24-15(12(22)2)17(18,19)20/h3,5-6,8-9,12,15H,1,4,7,10-11H2,2H3,(H,21,23). The second-order valence-electron chi connectivity index (χ2n) is 5.68. The van der Waals surface area contributed by atoms with Crippen molar-refractivity contribution < 1.29 is 22.7 Å². The Balaban J connectivity index is 2.11. The summed E-state index contributed by atoms with van der Waals surface area (Å²) >= 11 is 0. The molecule has 1 aromatic carbocycles. The van der Waals surface area contributed by atoms with Crippen LogP contribution >= 0.6 is 0 Å². The number of nitrogens with one attached hydrogen (secondary N) is 1. The van der Waals surface area contributed by atoms with Crippen LogP contribution < -0.4 is 5.32 Å². The van der Waals surface area contributed by atoms with Crippen molar-refractivity contribution in [1.82, 2.24) is 4.90 Å². The number of allylic oxidation sites excluding steroid dienone is 1. The summed E-state index contributed by atoms with van der Waals surface area (Å²) in [6.07, 6.45) is -3.24. The SMILES string of the molecule is C=CCCc1ccccc1NC(=O)N1CCOC(C(F)(F)F)C1C. The minimum absolute atomic E-state index is 0.119. The summed E-state index contributed by atoms with van der Waals surface area (Å²) in [6.45, 7) is 4.99. The minimum atomic E-state index is -4.50. The van der Waals surface area contributed by atoms with Crippen LogP contribution in [0.3, 0.4) is 0 Å². The topological polar surface area (TPSA) is 41.6 Å². The number of hydrogen-bond acceptors (Lipinski definition) is 2. The van der Waals surface area contributed by atoms with Gasteiger partial charge in [-0.3, -0.25) is 0 Å². The molecule has 1 aliphatic rings. The molecular formula is C17H21F3N2O2. The van der Waals surface area contributed by atoms with E-state index in [4.69, 9.17) is 4.74 Å². The van der Waals surface area contributed by atoms with Gasteiger partial charge in [-0.25, -0.2) is 4.79 Å². The maximum atomic E-state index is 13.0. The molecule has 0 aliphatic carbocycles. The molecule has 132 valence electrons. The van der Waals surface area contributed by atoms with Gasteiger partial charge in [-0.05, 0) is 31.4 Å². The van der Waals surface area contributed by atoms with E-state index in [1.54, 1.807) is 18.2 Å². The van der Waals surface area contributed by atoms with Gasteiger partial charge in [-0.15, -0.1) is 6.58 Å². The molecule has 24 heavy (non-hydrogen) atoms. The third-order valence-electron chi connectivity index (χ3n) is 4.02. The maximum Gasteiger partial charge on any atom is 0.416 e. The summed E-state index contributed by atoms with van der Waals surface area (Å²) < 4.78 is 43.7. The Morgan fingerprint density at radius 1 is 1.46 bits per heavy atom. The Labute approximate surface area is 139 Å². The van der Waals surface area contributed by atoms with Crippen LogP contribution in [0, 0.1) is 0 Å². The molecule has 0 bridgehead atoms.